The molecule has 0 unspecified atom stereocenters. The van der Waals surface area contributed by atoms with Crippen LogP contribution in [-0.4, -0.2) is 21.6 Å². The highest BCUT2D eigenvalue weighted by molar-refractivity contribution is 7.80. The van der Waals surface area contributed by atoms with Crippen LogP contribution in [0.15, 0.2) is 48.5 Å². The van der Waals surface area contributed by atoms with Crippen LogP contribution in [0.4, 0.5) is 0 Å². The van der Waals surface area contributed by atoms with E-state index < -0.39 is 0 Å². The first-order valence-electron chi connectivity index (χ1n) is 6.57. The number of hydrogen-bond acceptors (Lipinski definition) is 3. The van der Waals surface area contributed by atoms with Crippen molar-refractivity contribution < 1.29 is 4.74 Å². The summed E-state index contributed by atoms with van der Waals surface area (Å²) in [7, 11) is 1.65. The van der Waals surface area contributed by atoms with Crippen LogP contribution in [0, 0.1) is 0 Å². The van der Waals surface area contributed by atoms with Gasteiger partial charge in [-0.3, -0.25) is 0 Å². The molecular formula is C16H15N3OS. The lowest BCUT2D eigenvalue weighted by Crippen LogP contribution is -2.17. The molecule has 0 spiro atoms. The Morgan fingerprint density at radius 2 is 1.90 bits per heavy atom. The zero-order valence-corrected chi connectivity index (χ0v) is 12.4. The molecule has 0 atom stereocenters. The maximum Gasteiger partial charge on any atom is 0.145 e. The van der Waals surface area contributed by atoms with Gasteiger partial charge in [-0.25, -0.2) is 4.98 Å². The van der Waals surface area contributed by atoms with Crippen molar-refractivity contribution >= 4 is 28.2 Å². The van der Waals surface area contributed by atoms with E-state index in [-0.39, 0.29) is 0 Å². The van der Waals surface area contributed by atoms with Crippen LogP contribution in [-0.2, 0) is 6.54 Å². The molecule has 21 heavy (non-hydrogen) atoms. The first-order valence-corrected chi connectivity index (χ1v) is 6.98. The number of ether oxygens (including phenoxy) is 1. The number of imidazole rings is 1. The predicted molar refractivity (Wildman–Crippen MR) is 88.5 cm³/mol. The molecule has 2 aromatic carbocycles. The van der Waals surface area contributed by atoms with Crippen LogP contribution in [0.25, 0.3) is 22.4 Å². The van der Waals surface area contributed by atoms with Crippen LogP contribution in [0.2, 0.25) is 0 Å². The standard InChI is InChI=1S/C16H15N3OS/c1-20-14-9-5-2-6-11(14)16-18-12-7-3-4-8-13(12)19(16)10-15(17)21/h2-9H,10H2,1H3,(H2,17,21). The van der Waals surface area contributed by atoms with Gasteiger partial charge in [0.2, 0.25) is 0 Å². The number of aromatic nitrogens is 2. The Labute approximate surface area is 128 Å². The highest BCUT2D eigenvalue weighted by Gasteiger charge is 2.15. The molecule has 0 saturated heterocycles. The molecule has 0 radical (unpaired) electrons. The van der Waals surface area contributed by atoms with E-state index in [1.807, 2.05) is 53.1 Å². The number of methoxy groups -OCH3 is 1. The Bertz CT molecular complexity index is 810. The minimum atomic E-state index is 0.425. The molecule has 3 rings (SSSR count). The van der Waals surface area contributed by atoms with E-state index in [0.717, 1.165) is 28.2 Å². The molecule has 1 heterocycles. The summed E-state index contributed by atoms with van der Waals surface area (Å²) < 4.78 is 7.46. The van der Waals surface area contributed by atoms with Crippen LogP contribution in [0.5, 0.6) is 5.75 Å². The lowest BCUT2D eigenvalue weighted by Gasteiger charge is -2.11. The molecule has 3 aromatic rings. The van der Waals surface area contributed by atoms with Gasteiger partial charge < -0.3 is 15.0 Å². The van der Waals surface area contributed by atoms with Gasteiger partial charge in [0, 0.05) is 0 Å². The molecule has 0 fully saturated rings. The van der Waals surface area contributed by atoms with E-state index in [0.29, 0.717) is 11.5 Å². The Morgan fingerprint density at radius 3 is 2.67 bits per heavy atom. The van der Waals surface area contributed by atoms with Gasteiger partial charge in [-0.15, -0.1) is 0 Å². The molecule has 0 aliphatic carbocycles. The third kappa shape index (κ3) is 2.48. The summed E-state index contributed by atoms with van der Waals surface area (Å²) in [5.41, 5.74) is 8.58. The van der Waals surface area contributed by atoms with Crippen molar-refractivity contribution in [3.63, 3.8) is 0 Å². The molecule has 4 nitrogen and oxygen atoms in total. The topological polar surface area (TPSA) is 53.1 Å². The van der Waals surface area contributed by atoms with Crippen molar-refractivity contribution in [1.82, 2.24) is 9.55 Å². The van der Waals surface area contributed by atoms with E-state index in [2.05, 4.69) is 0 Å². The van der Waals surface area contributed by atoms with Crippen LogP contribution < -0.4 is 10.5 Å². The summed E-state index contributed by atoms with van der Waals surface area (Å²) in [4.78, 5) is 5.14. The van der Waals surface area contributed by atoms with Crippen LogP contribution in [0.3, 0.4) is 0 Å². The number of para-hydroxylation sites is 3. The third-order valence-corrected chi connectivity index (χ3v) is 3.45. The summed E-state index contributed by atoms with van der Waals surface area (Å²) in [6.07, 6.45) is 0. The Morgan fingerprint density at radius 1 is 1.19 bits per heavy atom. The fraction of sp³-hybridized carbons (Fsp3) is 0.125. The zero-order chi connectivity index (χ0) is 14.8. The molecule has 0 amide bonds. The second kappa shape index (κ2) is 5.54. The molecule has 1 aromatic heterocycles. The summed E-state index contributed by atoms with van der Waals surface area (Å²) >= 11 is 5.08. The van der Waals surface area contributed by atoms with E-state index in [9.17, 15) is 0 Å². The molecule has 2 N–H and O–H groups in total. The first-order chi connectivity index (χ1) is 10.2. The smallest absolute Gasteiger partial charge is 0.145 e. The van der Waals surface area contributed by atoms with E-state index in [1.165, 1.54) is 0 Å². The zero-order valence-electron chi connectivity index (χ0n) is 11.6. The minimum Gasteiger partial charge on any atom is -0.496 e. The highest BCUT2D eigenvalue weighted by Crippen LogP contribution is 2.31. The summed E-state index contributed by atoms with van der Waals surface area (Å²) in [6.45, 7) is 0.448. The lowest BCUT2D eigenvalue weighted by atomic mass is 10.2. The number of nitrogens with two attached hydrogens (primary N) is 1. The van der Waals surface area contributed by atoms with Gasteiger partial charge in [0.05, 0.1) is 35.2 Å². The molecule has 0 bridgehead atoms. The normalized spacial score (nSPS) is 10.7. The predicted octanol–water partition coefficient (Wildman–Crippen LogP) is 3.00. The molecule has 0 aliphatic heterocycles. The van der Waals surface area contributed by atoms with Gasteiger partial charge in [-0.1, -0.05) is 36.5 Å². The van der Waals surface area contributed by atoms with Crippen molar-refractivity contribution in [2.45, 2.75) is 6.54 Å². The van der Waals surface area contributed by atoms with Gasteiger partial charge in [-0.05, 0) is 24.3 Å². The maximum absolute atomic E-state index is 5.74. The average Bonchev–Trinajstić information content (AvgIpc) is 2.85. The van der Waals surface area contributed by atoms with Gasteiger partial charge in [0.15, 0.2) is 0 Å². The Kier molecular flexibility index (Phi) is 3.58. The van der Waals surface area contributed by atoms with Gasteiger partial charge in [0.25, 0.3) is 0 Å². The van der Waals surface area contributed by atoms with Crippen LogP contribution in [0.1, 0.15) is 0 Å². The van der Waals surface area contributed by atoms with Gasteiger partial charge in [-0.2, -0.15) is 0 Å². The number of nitrogens with zero attached hydrogens (tertiary/aromatic N) is 2. The molecule has 106 valence electrons. The Balaban J connectivity index is 2.28. The van der Waals surface area contributed by atoms with E-state index in [4.69, 9.17) is 27.7 Å². The molecule has 5 heteroatoms. The summed E-state index contributed by atoms with van der Waals surface area (Å²) in [5, 5.41) is 0. The van der Waals surface area contributed by atoms with E-state index in [1.54, 1.807) is 7.11 Å². The Hall–Kier alpha value is -2.40. The van der Waals surface area contributed by atoms with Gasteiger partial charge >= 0.3 is 0 Å². The lowest BCUT2D eigenvalue weighted by molar-refractivity contribution is 0.416. The van der Waals surface area contributed by atoms with Crippen molar-refractivity contribution in [1.29, 1.82) is 0 Å². The summed E-state index contributed by atoms with van der Waals surface area (Å²) in [5.74, 6) is 1.58. The number of benzene rings is 2. The van der Waals surface area contributed by atoms with Crippen molar-refractivity contribution in [2.75, 3.05) is 7.11 Å². The fourth-order valence-corrected chi connectivity index (χ4v) is 2.56. The second-order valence-electron chi connectivity index (χ2n) is 4.68. The van der Waals surface area contributed by atoms with E-state index >= 15 is 0 Å². The molecule has 0 aliphatic rings. The second-order valence-corrected chi connectivity index (χ2v) is 5.20. The van der Waals surface area contributed by atoms with Crippen molar-refractivity contribution in [2.24, 2.45) is 5.73 Å². The number of rotatable bonds is 4. The molecular weight excluding hydrogens is 282 g/mol. The fourth-order valence-electron chi connectivity index (χ4n) is 2.43. The van der Waals surface area contributed by atoms with Crippen LogP contribution >= 0.6 is 12.2 Å². The molecule has 0 saturated carbocycles. The first kappa shape index (κ1) is 13.6. The van der Waals surface area contributed by atoms with Crippen molar-refractivity contribution in [3.05, 3.63) is 48.5 Å². The average molecular weight is 297 g/mol. The van der Waals surface area contributed by atoms with Gasteiger partial charge in [0.1, 0.15) is 11.6 Å². The number of fused-ring (bicyclic) bond motifs is 1. The minimum absolute atomic E-state index is 0.425. The quantitative estimate of drug-likeness (QED) is 0.752. The highest BCUT2D eigenvalue weighted by atomic mass is 32.1. The SMILES string of the molecule is COc1ccccc1-c1nc2ccccc2n1CC(N)=S. The largest absolute Gasteiger partial charge is 0.496 e. The number of thiocarbonyl (C=S) groups is 1. The summed E-state index contributed by atoms with van der Waals surface area (Å²) in [6, 6.07) is 15.7. The monoisotopic (exact) mass is 297 g/mol. The third-order valence-electron chi connectivity index (χ3n) is 3.32. The number of hydrogen-bond donors (Lipinski definition) is 1. The maximum atomic E-state index is 5.74. The van der Waals surface area contributed by atoms with Crippen molar-refractivity contribution in [3.8, 4) is 17.1 Å².